The molecule has 1 aromatic heterocycles. The van der Waals surface area contributed by atoms with E-state index < -0.39 is 10.0 Å². The van der Waals surface area contributed by atoms with Gasteiger partial charge in [0.15, 0.2) is 0 Å². The number of hydrogen-bond donors (Lipinski definition) is 0. The Bertz CT molecular complexity index is 554. The molecule has 0 unspecified atom stereocenters. The van der Waals surface area contributed by atoms with Crippen molar-refractivity contribution < 1.29 is 8.42 Å². The molecule has 20 heavy (non-hydrogen) atoms. The van der Waals surface area contributed by atoms with Crippen LogP contribution in [0.15, 0.2) is 23.4 Å². The van der Waals surface area contributed by atoms with E-state index in [1.54, 1.807) is 0 Å². The van der Waals surface area contributed by atoms with Crippen LogP contribution in [-0.2, 0) is 10.0 Å². The van der Waals surface area contributed by atoms with E-state index in [1.807, 2.05) is 0 Å². The molecule has 0 atom stereocenters. The Hall–Kier alpha value is -0.690. The molecule has 1 aliphatic rings. The normalized spacial score (nSPS) is 18.6. The maximum absolute atomic E-state index is 12.5. The molecule has 0 bridgehead atoms. The van der Waals surface area contributed by atoms with Gasteiger partial charge in [0.25, 0.3) is 0 Å². The van der Waals surface area contributed by atoms with Crippen molar-refractivity contribution in [3.63, 3.8) is 0 Å². The van der Waals surface area contributed by atoms with Gasteiger partial charge in [0.05, 0.1) is 5.02 Å². The maximum Gasteiger partial charge on any atom is 0.246 e. The predicted octanol–water partition coefficient (Wildman–Crippen LogP) is 1.70. The zero-order valence-electron chi connectivity index (χ0n) is 11.8. The molecular formula is C13H20ClN3O2S. The molecule has 1 saturated heterocycles. The van der Waals surface area contributed by atoms with Crippen molar-refractivity contribution in [3.05, 3.63) is 23.5 Å². The molecule has 0 spiro atoms. The molecule has 2 rings (SSSR count). The molecule has 112 valence electrons. The van der Waals surface area contributed by atoms with Crippen molar-refractivity contribution in [1.29, 1.82) is 0 Å². The van der Waals surface area contributed by atoms with Gasteiger partial charge in [-0.1, -0.05) is 25.4 Å². The van der Waals surface area contributed by atoms with Crippen molar-refractivity contribution in [1.82, 2.24) is 14.2 Å². The molecule has 0 N–H and O–H groups in total. The minimum atomic E-state index is -3.53. The minimum Gasteiger partial charge on any atom is -0.300 e. The monoisotopic (exact) mass is 317 g/mol. The fourth-order valence-corrected chi connectivity index (χ4v) is 4.19. The maximum atomic E-state index is 12.5. The highest BCUT2D eigenvalue weighted by molar-refractivity contribution is 7.89. The predicted molar refractivity (Wildman–Crippen MR) is 79.3 cm³/mol. The number of nitrogens with zero attached hydrogens (tertiary/aromatic N) is 3. The first-order chi connectivity index (χ1) is 9.41. The number of pyridine rings is 1. The van der Waals surface area contributed by atoms with E-state index >= 15 is 0 Å². The number of halogens is 1. The van der Waals surface area contributed by atoms with E-state index in [-0.39, 0.29) is 9.92 Å². The highest BCUT2D eigenvalue weighted by Crippen LogP contribution is 2.24. The Balaban J connectivity index is 2.08. The Kier molecular flexibility index (Phi) is 5.01. The van der Waals surface area contributed by atoms with Gasteiger partial charge in [-0.3, -0.25) is 4.98 Å². The van der Waals surface area contributed by atoms with Crippen molar-refractivity contribution in [2.75, 3.05) is 32.7 Å². The second-order valence-electron chi connectivity index (χ2n) is 5.40. The third-order valence-corrected chi connectivity index (χ3v) is 5.67. The molecule has 0 aromatic carbocycles. The average molecular weight is 318 g/mol. The SMILES string of the molecule is CC(C)CN1CCN(S(=O)(=O)c2cnccc2Cl)CC1. The highest BCUT2D eigenvalue weighted by atomic mass is 35.5. The molecule has 0 saturated carbocycles. The van der Waals surface area contributed by atoms with Crippen molar-refractivity contribution in [2.24, 2.45) is 5.92 Å². The zero-order chi connectivity index (χ0) is 14.8. The quantitative estimate of drug-likeness (QED) is 0.848. The molecular weight excluding hydrogens is 298 g/mol. The Morgan fingerprint density at radius 2 is 1.95 bits per heavy atom. The van der Waals surface area contributed by atoms with Crippen LogP contribution in [0.2, 0.25) is 5.02 Å². The summed E-state index contributed by atoms with van der Waals surface area (Å²) < 4.78 is 26.5. The summed E-state index contributed by atoms with van der Waals surface area (Å²) in [6.45, 7) is 7.85. The van der Waals surface area contributed by atoms with Gasteiger partial charge in [-0.05, 0) is 12.0 Å². The van der Waals surface area contributed by atoms with E-state index in [4.69, 9.17) is 11.6 Å². The van der Waals surface area contributed by atoms with E-state index in [9.17, 15) is 8.42 Å². The molecule has 5 nitrogen and oxygen atoms in total. The molecule has 2 heterocycles. The summed E-state index contributed by atoms with van der Waals surface area (Å²) in [5.74, 6) is 0.589. The van der Waals surface area contributed by atoms with Crippen LogP contribution in [0.25, 0.3) is 0 Å². The first kappa shape index (κ1) is 15.7. The van der Waals surface area contributed by atoms with Crippen molar-refractivity contribution in [2.45, 2.75) is 18.7 Å². The van der Waals surface area contributed by atoms with Crippen LogP contribution in [0.5, 0.6) is 0 Å². The summed E-state index contributed by atoms with van der Waals surface area (Å²) in [5, 5.41) is 0.226. The summed E-state index contributed by atoms with van der Waals surface area (Å²) in [4.78, 5) is 6.25. The summed E-state index contributed by atoms with van der Waals surface area (Å²) in [6.07, 6.45) is 2.81. The van der Waals surface area contributed by atoms with Gasteiger partial charge < -0.3 is 4.90 Å². The van der Waals surface area contributed by atoms with Gasteiger partial charge in [0.2, 0.25) is 10.0 Å². The standard InChI is InChI=1S/C13H20ClN3O2S/c1-11(2)10-16-5-7-17(8-6-16)20(18,19)13-9-15-4-3-12(13)14/h3-4,9,11H,5-8,10H2,1-2H3. The first-order valence-corrected chi connectivity index (χ1v) is 8.55. The molecule has 0 amide bonds. The van der Waals surface area contributed by atoms with Crippen LogP contribution in [0, 0.1) is 5.92 Å². The molecule has 1 aliphatic heterocycles. The lowest BCUT2D eigenvalue weighted by atomic mass is 10.2. The van der Waals surface area contributed by atoms with Crippen LogP contribution in [0.3, 0.4) is 0 Å². The Morgan fingerprint density at radius 1 is 1.30 bits per heavy atom. The largest absolute Gasteiger partial charge is 0.300 e. The van der Waals surface area contributed by atoms with Crippen LogP contribution in [-0.4, -0.2) is 55.3 Å². The smallest absolute Gasteiger partial charge is 0.246 e. The van der Waals surface area contributed by atoms with Gasteiger partial charge in [0.1, 0.15) is 4.90 Å². The lowest BCUT2D eigenvalue weighted by molar-refractivity contribution is 0.172. The van der Waals surface area contributed by atoms with Gasteiger partial charge in [-0.15, -0.1) is 0 Å². The van der Waals surface area contributed by atoms with Crippen LogP contribution in [0.1, 0.15) is 13.8 Å². The zero-order valence-corrected chi connectivity index (χ0v) is 13.4. The Morgan fingerprint density at radius 3 is 2.50 bits per heavy atom. The van der Waals surface area contributed by atoms with Gasteiger partial charge in [-0.2, -0.15) is 4.31 Å². The van der Waals surface area contributed by atoms with Crippen molar-refractivity contribution in [3.8, 4) is 0 Å². The van der Waals surface area contributed by atoms with E-state index in [2.05, 4.69) is 23.7 Å². The number of hydrogen-bond acceptors (Lipinski definition) is 4. The molecule has 0 aliphatic carbocycles. The van der Waals surface area contributed by atoms with Crippen LogP contribution in [0.4, 0.5) is 0 Å². The molecule has 7 heteroatoms. The van der Waals surface area contributed by atoms with Gasteiger partial charge in [-0.25, -0.2) is 8.42 Å². The second-order valence-corrected chi connectivity index (χ2v) is 7.72. The number of sulfonamides is 1. The van der Waals surface area contributed by atoms with Crippen LogP contribution >= 0.6 is 11.6 Å². The summed E-state index contributed by atoms with van der Waals surface area (Å²) in [5.41, 5.74) is 0. The third-order valence-electron chi connectivity index (χ3n) is 3.31. The van der Waals surface area contributed by atoms with E-state index in [1.165, 1.54) is 22.8 Å². The highest BCUT2D eigenvalue weighted by Gasteiger charge is 2.30. The first-order valence-electron chi connectivity index (χ1n) is 6.73. The number of piperazine rings is 1. The second kappa shape index (κ2) is 6.39. The number of aromatic nitrogens is 1. The van der Waals surface area contributed by atoms with Gasteiger partial charge >= 0.3 is 0 Å². The average Bonchev–Trinajstić information content (AvgIpc) is 2.39. The summed E-state index contributed by atoms with van der Waals surface area (Å²) in [7, 11) is -3.53. The molecule has 1 fully saturated rings. The number of rotatable bonds is 4. The molecule has 0 radical (unpaired) electrons. The summed E-state index contributed by atoms with van der Waals surface area (Å²) >= 11 is 5.97. The van der Waals surface area contributed by atoms with Crippen molar-refractivity contribution >= 4 is 21.6 Å². The third kappa shape index (κ3) is 3.49. The summed E-state index contributed by atoms with van der Waals surface area (Å²) in [6, 6.07) is 1.50. The topological polar surface area (TPSA) is 53.5 Å². The fourth-order valence-electron chi connectivity index (χ4n) is 2.36. The van der Waals surface area contributed by atoms with E-state index in [0.717, 1.165) is 19.6 Å². The Labute approximate surface area is 125 Å². The van der Waals surface area contributed by atoms with Crippen LogP contribution < -0.4 is 0 Å². The van der Waals surface area contributed by atoms with Gasteiger partial charge in [0, 0.05) is 45.1 Å². The minimum absolute atomic E-state index is 0.0963. The fraction of sp³-hybridized carbons (Fsp3) is 0.615. The van der Waals surface area contributed by atoms with E-state index in [0.29, 0.717) is 19.0 Å². The lowest BCUT2D eigenvalue weighted by Crippen LogP contribution is -2.49. The lowest BCUT2D eigenvalue weighted by Gasteiger charge is -2.34. The molecule has 1 aromatic rings.